The Balaban J connectivity index is 2.30. The number of benzene rings is 1. The highest BCUT2D eigenvalue weighted by atomic mass is 16.5. The van der Waals surface area contributed by atoms with Gasteiger partial charge in [0.25, 0.3) is 0 Å². The Hall–Kier alpha value is -1.55. The maximum absolute atomic E-state index is 11.2. The summed E-state index contributed by atoms with van der Waals surface area (Å²) in [4.78, 5) is 13.4. The summed E-state index contributed by atoms with van der Waals surface area (Å²) < 4.78 is 5.18. The van der Waals surface area contributed by atoms with Crippen LogP contribution in [0.1, 0.15) is 12.5 Å². The van der Waals surface area contributed by atoms with Crippen LogP contribution in [0.15, 0.2) is 24.3 Å². The monoisotopic (exact) mass is 249 g/mol. The van der Waals surface area contributed by atoms with Crippen LogP contribution >= 0.6 is 0 Å². The van der Waals surface area contributed by atoms with E-state index in [4.69, 9.17) is 4.74 Å². The molecule has 4 heteroatoms. The molecule has 1 aliphatic rings. The van der Waals surface area contributed by atoms with E-state index in [-0.39, 0.29) is 12.0 Å². The van der Waals surface area contributed by atoms with Crippen LogP contribution in [-0.4, -0.2) is 37.4 Å². The Morgan fingerprint density at radius 3 is 2.94 bits per heavy atom. The quantitative estimate of drug-likeness (QED) is 0.883. The first-order valence-corrected chi connectivity index (χ1v) is 6.19. The molecule has 1 heterocycles. The van der Waals surface area contributed by atoms with Crippen LogP contribution in [-0.2, 0) is 16.0 Å². The number of carboxylic acids is 1. The van der Waals surface area contributed by atoms with Gasteiger partial charge in [-0.25, -0.2) is 0 Å². The lowest BCUT2D eigenvalue weighted by molar-refractivity contribution is -0.141. The Kier molecular flexibility index (Phi) is 3.87. The van der Waals surface area contributed by atoms with Crippen molar-refractivity contribution in [2.24, 2.45) is 5.92 Å². The minimum absolute atomic E-state index is 0.179. The number of fused-ring (bicyclic) bond motifs is 1. The van der Waals surface area contributed by atoms with E-state index >= 15 is 0 Å². The van der Waals surface area contributed by atoms with Crippen molar-refractivity contribution >= 4 is 11.7 Å². The normalized spacial score (nSPS) is 20.3. The fraction of sp³-hybridized carbons (Fsp3) is 0.500. The van der Waals surface area contributed by atoms with E-state index in [1.165, 1.54) is 0 Å². The average Bonchev–Trinajstić information content (AvgIpc) is 2.37. The molecule has 1 N–H and O–H groups in total. The molecule has 0 bridgehead atoms. The van der Waals surface area contributed by atoms with Crippen LogP contribution in [0.25, 0.3) is 0 Å². The van der Waals surface area contributed by atoms with E-state index in [0.29, 0.717) is 19.6 Å². The second-order valence-corrected chi connectivity index (χ2v) is 4.82. The molecular formula is C14H19NO3. The number of methoxy groups -OCH3 is 1. The molecule has 1 aromatic carbocycles. The van der Waals surface area contributed by atoms with Crippen molar-refractivity contribution in [3.8, 4) is 0 Å². The first-order chi connectivity index (χ1) is 8.63. The summed E-state index contributed by atoms with van der Waals surface area (Å²) >= 11 is 0. The molecular weight excluding hydrogens is 230 g/mol. The van der Waals surface area contributed by atoms with Gasteiger partial charge in [0.05, 0.1) is 12.5 Å². The van der Waals surface area contributed by atoms with Gasteiger partial charge in [-0.05, 0) is 25.0 Å². The summed E-state index contributed by atoms with van der Waals surface area (Å²) in [5.41, 5.74) is 2.25. The summed E-state index contributed by atoms with van der Waals surface area (Å²) in [5, 5.41) is 9.24. The van der Waals surface area contributed by atoms with Gasteiger partial charge in [-0.3, -0.25) is 4.79 Å². The van der Waals surface area contributed by atoms with Crippen LogP contribution in [0.4, 0.5) is 5.69 Å². The van der Waals surface area contributed by atoms with Crippen LogP contribution in [0, 0.1) is 5.92 Å². The zero-order chi connectivity index (χ0) is 13.1. The van der Waals surface area contributed by atoms with E-state index in [2.05, 4.69) is 17.9 Å². The average molecular weight is 249 g/mol. The number of carbonyl (C=O) groups is 1. The van der Waals surface area contributed by atoms with Crippen molar-refractivity contribution in [2.75, 3.05) is 25.2 Å². The van der Waals surface area contributed by atoms with E-state index < -0.39 is 5.97 Å². The molecule has 0 amide bonds. The molecule has 1 aromatic rings. The second-order valence-electron chi connectivity index (χ2n) is 4.82. The maximum Gasteiger partial charge on any atom is 0.308 e. The molecule has 98 valence electrons. The molecule has 4 nitrogen and oxygen atoms in total. The van der Waals surface area contributed by atoms with Gasteiger partial charge in [-0.2, -0.15) is 0 Å². The molecule has 18 heavy (non-hydrogen) atoms. The van der Waals surface area contributed by atoms with E-state index in [0.717, 1.165) is 11.3 Å². The lowest BCUT2D eigenvalue weighted by Crippen LogP contribution is -2.45. The smallest absolute Gasteiger partial charge is 0.308 e. The van der Waals surface area contributed by atoms with Crippen molar-refractivity contribution in [3.05, 3.63) is 29.8 Å². The van der Waals surface area contributed by atoms with Crippen molar-refractivity contribution in [1.29, 1.82) is 0 Å². The zero-order valence-corrected chi connectivity index (χ0v) is 10.8. The number of hydrogen-bond donors (Lipinski definition) is 1. The minimum atomic E-state index is -0.723. The van der Waals surface area contributed by atoms with Gasteiger partial charge in [0.1, 0.15) is 0 Å². The van der Waals surface area contributed by atoms with Crippen molar-refractivity contribution < 1.29 is 14.6 Å². The number of anilines is 1. The molecule has 0 saturated carbocycles. The third-order valence-corrected chi connectivity index (χ3v) is 3.47. The van der Waals surface area contributed by atoms with Gasteiger partial charge >= 0.3 is 5.97 Å². The summed E-state index contributed by atoms with van der Waals surface area (Å²) in [5.74, 6) is -1.06. The van der Waals surface area contributed by atoms with E-state index in [1.807, 2.05) is 18.2 Å². The highest BCUT2D eigenvalue weighted by Crippen LogP contribution is 2.31. The van der Waals surface area contributed by atoms with Crippen LogP contribution in [0.5, 0.6) is 0 Å². The number of nitrogens with zero attached hydrogens (tertiary/aromatic N) is 1. The topological polar surface area (TPSA) is 49.8 Å². The summed E-state index contributed by atoms with van der Waals surface area (Å²) in [7, 11) is 1.67. The molecule has 0 radical (unpaired) electrons. The molecule has 2 rings (SSSR count). The number of para-hydroxylation sites is 1. The lowest BCUT2D eigenvalue weighted by atomic mass is 9.91. The molecule has 0 aromatic heterocycles. The number of ether oxygens (including phenoxy) is 1. The zero-order valence-electron chi connectivity index (χ0n) is 10.8. The van der Waals surface area contributed by atoms with Gasteiger partial charge in [0.2, 0.25) is 0 Å². The molecule has 2 atom stereocenters. The molecule has 2 unspecified atom stereocenters. The van der Waals surface area contributed by atoms with Gasteiger partial charge in [-0.1, -0.05) is 18.2 Å². The Morgan fingerprint density at radius 1 is 1.56 bits per heavy atom. The molecule has 1 aliphatic heterocycles. The maximum atomic E-state index is 11.2. The predicted molar refractivity (Wildman–Crippen MR) is 70.0 cm³/mol. The van der Waals surface area contributed by atoms with Crippen LogP contribution in [0.2, 0.25) is 0 Å². The highest BCUT2D eigenvalue weighted by Gasteiger charge is 2.30. The van der Waals surface area contributed by atoms with Crippen LogP contribution < -0.4 is 4.90 Å². The Bertz CT molecular complexity index is 433. The van der Waals surface area contributed by atoms with Crippen molar-refractivity contribution in [2.45, 2.75) is 19.4 Å². The van der Waals surface area contributed by atoms with Crippen molar-refractivity contribution in [3.63, 3.8) is 0 Å². The SMILES string of the molecule is COCC(C)N1CC(C(=O)O)Cc2ccccc21. The van der Waals surface area contributed by atoms with Gasteiger partial charge in [-0.15, -0.1) is 0 Å². The molecule has 0 spiro atoms. The van der Waals surface area contributed by atoms with E-state index in [9.17, 15) is 9.90 Å². The van der Waals surface area contributed by atoms with E-state index in [1.54, 1.807) is 7.11 Å². The highest BCUT2D eigenvalue weighted by molar-refractivity contribution is 5.74. The van der Waals surface area contributed by atoms with Crippen LogP contribution in [0.3, 0.4) is 0 Å². The second kappa shape index (κ2) is 5.40. The van der Waals surface area contributed by atoms with Gasteiger partial charge in [0.15, 0.2) is 0 Å². The van der Waals surface area contributed by atoms with Gasteiger partial charge in [0, 0.05) is 25.4 Å². The largest absolute Gasteiger partial charge is 0.481 e. The third-order valence-electron chi connectivity index (χ3n) is 3.47. The summed E-state index contributed by atoms with van der Waals surface area (Å²) in [6, 6.07) is 8.20. The number of carboxylic acid groups (broad SMARTS) is 1. The predicted octanol–water partition coefficient (Wildman–Crippen LogP) is 1.78. The number of rotatable bonds is 4. The van der Waals surface area contributed by atoms with Crippen molar-refractivity contribution in [1.82, 2.24) is 0 Å². The first kappa shape index (κ1) is 12.9. The fourth-order valence-corrected chi connectivity index (χ4v) is 2.54. The first-order valence-electron chi connectivity index (χ1n) is 6.19. The number of hydrogen-bond acceptors (Lipinski definition) is 3. The number of aliphatic carboxylic acids is 1. The standard InChI is InChI=1S/C14H19NO3/c1-10(9-18-2)15-8-12(14(16)17)7-11-5-3-4-6-13(11)15/h3-6,10,12H,7-9H2,1-2H3,(H,16,17). The molecule has 0 fully saturated rings. The Morgan fingerprint density at radius 2 is 2.28 bits per heavy atom. The fourth-order valence-electron chi connectivity index (χ4n) is 2.54. The summed E-state index contributed by atoms with van der Waals surface area (Å²) in [6.45, 7) is 3.21. The Labute approximate surface area is 107 Å². The lowest BCUT2D eigenvalue weighted by Gasteiger charge is -2.38. The third kappa shape index (κ3) is 2.48. The molecule has 0 aliphatic carbocycles. The van der Waals surface area contributed by atoms with Gasteiger partial charge < -0.3 is 14.7 Å². The molecule has 0 saturated heterocycles. The summed E-state index contributed by atoms with van der Waals surface area (Å²) in [6.07, 6.45) is 0.613. The minimum Gasteiger partial charge on any atom is -0.481 e.